The summed E-state index contributed by atoms with van der Waals surface area (Å²) in [5.74, 6) is -1.14. The fourth-order valence-electron chi connectivity index (χ4n) is 4.51. The third-order valence-corrected chi connectivity index (χ3v) is 6.64. The standard InChI is InChI=1S/C29H26F3N5O3/c1-18-7-8-21(15-24(18)25-16-26(40-36-25)28(39)34-17-22-6-2-3-9-33-22)35-27(38)19-12-20(29(30,31)32)14-23(13-19)37-10-4-5-11-37/h2-3,6-9,12-16H,4-5,10-11,17H2,1H3,(H,34,39)(H,35,38). The Morgan fingerprint density at radius 1 is 1.00 bits per heavy atom. The number of aromatic nitrogens is 2. The first kappa shape index (κ1) is 26.9. The molecule has 0 saturated carbocycles. The maximum atomic E-state index is 13.6. The predicted molar refractivity (Wildman–Crippen MR) is 143 cm³/mol. The molecule has 0 unspecified atom stereocenters. The molecule has 2 N–H and O–H groups in total. The molecule has 11 heteroatoms. The van der Waals surface area contributed by atoms with Crippen LogP contribution in [0.5, 0.6) is 0 Å². The molecule has 40 heavy (non-hydrogen) atoms. The number of benzene rings is 2. The van der Waals surface area contributed by atoms with Gasteiger partial charge < -0.3 is 20.1 Å². The van der Waals surface area contributed by atoms with Crippen LogP contribution >= 0.6 is 0 Å². The lowest BCUT2D eigenvalue weighted by molar-refractivity contribution is -0.137. The summed E-state index contributed by atoms with van der Waals surface area (Å²) in [6.45, 7) is 3.33. The molecule has 0 bridgehead atoms. The van der Waals surface area contributed by atoms with Crippen molar-refractivity contribution in [3.63, 3.8) is 0 Å². The van der Waals surface area contributed by atoms with Crippen molar-refractivity contribution in [1.82, 2.24) is 15.5 Å². The van der Waals surface area contributed by atoms with Crippen molar-refractivity contribution >= 4 is 23.2 Å². The minimum absolute atomic E-state index is 0.00169. The number of nitrogens with one attached hydrogen (secondary N) is 2. The summed E-state index contributed by atoms with van der Waals surface area (Å²) in [7, 11) is 0. The van der Waals surface area contributed by atoms with Crippen molar-refractivity contribution in [3.8, 4) is 11.3 Å². The lowest BCUT2D eigenvalue weighted by atomic mass is 10.0. The summed E-state index contributed by atoms with van der Waals surface area (Å²) < 4.78 is 46.1. The first-order valence-electron chi connectivity index (χ1n) is 12.7. The highest BCUT2D eigenvalue weighted by Crippen LogP contribution is 2.34. The molecule has 0 aliphatic carbocycles. The van der Waals surface area contributed by atoms with E-state index < -0.39 is 23.6 Å². The molecule has 2 aromatic carbocycles. The van der Waals surface area contributed by atoms with Gasteiger partial charge in [0, 0.05) is 47.9 Å². The molecule has 8 nitrogen and oxygen atoms in total. The zero-order chi connectivity index (χ0) is 28.3. The van der Waals surface area contributed by atoms with Gasteiger partial charge in [0.25, 0.3) is 11.8 Å². The number of hydrogen-bond donors (Lipinski definition) is 2. The zero-order valence-electron chi connectivity index (χ0n) is 21.6. The zero-order valence-corrected chi connectivity index (χ0v) is 21.6. The third kappa shape index (κ3) is 6.14. The summed E-state index contributed by atoms with van der Waals surface area (Å²) in [5, 5.41) is 9.41. The van der Waals surface area contributed by atoms with Gasteiger partial charge in [-0.1, -0.05) is 17.3 Å². The Kier molecular flexibility index (Phi) is 7.54. The van der Waals surface area contributed by atoms with E-state index in [2.05, 4.69) is 20.8 Å². The first-order valence-corrected chi connectivity index (χ1v) is 12.7. The Bertz CT molecular complexity index is 1530. The van der Waals surface area contributed by atoms with Crippen LogP contribution in [-0.4, -0.2) is 35.0 Å². The smallest absolute Gasteiger partial charge is 0.372 e. The Morgan fingerprint density at radius 2 is 1.80 bits per heavy atom. The molecular formula is C29H26F3N5O3. The lowest BCUT2D eigenvalue weighted by Gasteiger charge is -2.20. The maximum Gasteiger partial charge on any atom is 0.416 e. The fraction of sp³-hybridized carbons (Fsp3) is 0.241. The second-order valence-corrected chi connectivity index (χ2v) is 9.52. The average molecular weight is 550 g/mol. The van der Waals surface area contributed by atoms with Crippen LogP contribution in [0.2, 0.25) is 0 Å². The summed E-state index contributed by atoms with van der Waals surface area (Å²) in [6, 6.07) is 15.3. The van der Waals surface area contributed by atoms with Crippen molar-refractivity contribution in [2.24, 2.45) is 0 Å². The van der Waals surface area contributed by atoms with Gasteiger partial charge in [-0.25, -0.2) is 0 Å². The topological polar surface area (TPSA) is 100 Å². The van der Waals surface area contributed by atoms with Crippen molar-refractivity contribution in [2.45, 2.75) is 32.5 Å². The van der Waals surface area contributed by atoms with E-state index >= 15 is 0 Å². The fourth-order valence-corrected chi connectivity index (χ4v) is 4.51. The molecule has 0 radical (unpaired) electrons. The number of halogens is 3. The van der Waals surface area contributed by atoms with Crippen molar-refractivity contribution in [1.29, 1.82) is 0 Å². The van der Waals surface area contributed by atoms with Crippen LogP contribution in [0.15, 0.2) is 71.4 Å². The molecule has 2 aromatic heterocycles. The number of rotatable bonds is 7. The van der Waals surface area contributed by atoms with E-state index in [9.17, 15) is 22.8 Å². The molecule has 1 aliphatic rings. The largest absolute Gasteiger partial charge is 0.416 e. The lowest BCUT2D eigenvalue weighted by Crippen LogP contribution is -2.22. The predicted octanol–water partition coefficient (Wildman–Crippen LogP) is 5.85. The van der Waals surface area contributed by atoms with Gasteiger partial charge in [0.05, 0.1) is 17.8 Å². The number of aryl methyl sites for hydroxylation is 1. The van der Waals surface area contributed by atoms with E-state index in [4.69, 9.17) is 4.52 Å². The Hall–Kier alpha value is -4.67. The molecule has 2 amide bonds. The number of carbonyl (C=O) groups excluding carboxylic acids is 2. The molecule has 1 saturated heterocycles. The number of alkyl halides is 3. The van der Waals surface area contributed by atoms with Crippen molar-refractivity contribution < 1.29 is 27.3 Å². The van der Waals surface area contributed by atoms with E-state index in [-0.39, 0.29) is 17.9 Å². The molecule has 5 rings (SSSR count). The minimum atomic E-state index is -4.59. The van der Waals surface area contributed by atoms with Crippen LogP contribution in [0.25, 0.3) is 11.3 Å². The first-order chi connectivity index (χ1) is 19.2. The Balaban J connectivity index is 1.34. The molecular weight excluding hydrogens is 523 g/mol. The highest BCUT2D eigenvalue weighted by Gasteiger charge is 2.32. The van der Waals surface area contributed by atoms with Crippen LogP contribution in [0, 0.1) is 6.92 Å². The van der Waals surface area contributed by atoms with Crippen LogP contribution in [-0.2, 0) is 12.7 Å². The van der Waals surface area contributed by atoms with Gasteiger partial charge in [0.2, 0.25) is 5.76 Å². The van der Waals surface area contributed by atoms with Gasteiger partial charge in [-0.15, -0.1) is 0 Å². The second kappa shape index (κ2) is 11.2. The van der Waals surface area contributed by atoms with E-state index in [1.165, 1.54) is 12.1 Å². The third-order valence-electron chi connectivity index (χ3n) is 6.64. The van der Waals surface area contributed by atoms with Crippen molar-refractivity contribution in [3.05, 3.63) is 95.0 Å². The summed E-state index contributed by atoms with van der Waals surface area (Å²) in [5.41, 5.74) is 2.20. The summed E-state index contributed by atoms with van der Waals surface area (Å²) in [4.78, 5) is 31.6. The highest BCUT2D eigenvalue weighted by molar-refractivity contribution is 6.05. The number of anilines is 2. The second-order valence-electron chi connectivity index (χ2n) is 9.52. The molecule has 0 spiro atoms. The van der Waals surface area contributed by atoms with E-state index in [0.29, 0.717) is 41.4 Å². The molecule has 1 aliphatic heterocycles. The van der Waals surface area contributed by atoms with Gasteiger partial charge in [-0.3, -0.25) is 14.6 Å². The van der Waals surface area contributed by atoms with Gasteiger partial charge >= 0.3 is 6.18 Å². The number of carbonyl (C=O) groups is 2. The summed E-state index contributed by atoms with van der Waals surface area (Å²) in [6.07, 6.45) is -1.18. The van der Waals surface area contributed by atoms with E-state index in [1.807, 2.05) is 17.9 Å². The summed E-state index contributed by atoms with van der Waals surface area (Å²) >= 11 is 0. The monoisotopic (exact) mass is 549 g/mol. The minimum Gasteiger partial charge on any atom is -0.372 e. The Labute approximate surface area is 228 Å². The van der Waals surface area contributed by atoms with Crippen LogP contribution in [0.3, 0.4) is 0 Å². The normalized spacial score (nSPS) is 13.3. The van der Waals surface area contributed by atoms with Gasteiger partial charge in [-0.2, -0.15) is 13.2 Å². The van der Waals surface area contributed by atoms with Crippen LogP contribution < -0.4 is 15.5 Å². The molecule has 1 fully saturated rings. The van der Waals surface area contributed by atoms with Gasteiger partial charge in [0.15, 0.2) is 0 Å². The van der Waals surface area contributed by atoms with Gasteiger partial charge in [0.1, 0.15) is 5.69 Å². The quantitative estimate of drug-likeness (QED) is 0.300. The number of pyridine rings is 1. The number of amides is 2. The number of hydrogen-bond acceptors (Lipinski definition) is 6. The SMILES string of the molecule is Cc1ccc(NC(=O)c2cc(N3CCCC3)cc(C(F)(F)F)c2)cc1-c1cc(C(=O)NCc2ccccn2)on1. The maximum absolute atomic E-state index is 13.6. The molecule has 4 aromatic rings. The van der Waals surface area contributed by atoms with Crippen molar-refractivity contribution in [2.75, 3.05) is 23.3 Å². The van der Waals surface area contributed by atoms with E-state index in [0.717, 1.165) is 30.5 Å². The van der Waals surface area contributed by atoms with E-state index in [1.54, 1.807) is 36.5 Å². The van der Waals surface area contributed by atoms with Crippen LogP contribution in [0.4, 0.5) is 24.5 Å². The number of nitrogens with zero attached hydrogens (tertiary/aromatic N) is 3. The van der Waals surface area contributed by atoms with Crippen LogP contribution in [0.1, 0.15) is 50.6 Å². The molecule has 206 valence electrons. The molecule has 0 atom stereocenters. The molecule has 3 heterocycles. The van der Waals surface area contributed by atoms with Gasteiger partial charge in [-0.05, 0) is 67.8 Å². The Morgan fingerprint density at radius 3 is 2.52 bits per heavy atom. The highest BCUT2D eigenvalue weighted by atomic mass is 19.4. The average Bonchev–Trinajstić information content (AvgIpc) is 3.66.